The van der Waals surface area contributed by atoms with Crippen LogP contribution in [0.3, 0.4) is 0 Å². The molecule has 128 valence electrons. The third kappa shape index (κ3) is 3.85. The topological polar surface area (TPSA) is 66.4 Å². The van der Waals surface area contributed by atoms with Crippen LogP contribution in [0.4, 0.5) is 5.00 Å². The van der Waals surface area contributed by atoms with Crippen LogP contribution in [0.5, 0.6) is 0 Å². The molecule has 24 heavy (non-hydrogen) atoms. The van der Waals surface area contributed by atoms with Crippen molar-refractivity contribution in [3.8, 4) is 11.1 Å². The highest BCUT2D eigenvalue weighted by Gasteiger charge is 2.26. The quantitative estimate of drug-likeness (QED) is 0.798. The zero-order valence-corrected chi connectivity index (χ0v) is 15.5. The Bertz CT molecular complexity index is 752. The molecule has 2 rings (SSSR count). The number of hydrogen-bond donors (Lipinski definition) is 2. The Hall–Kier alpha value is -2.14. The maximum absolute atomic E-state index is 12.2. The summed E-state index contributed by atoms with van der Waals surface area (Å²) >= 11 is 1.24. The van der Waals surface area contributed by atoms with Crippen molar-refractivity contribution in [3.05, 3.63) is 40.8 Å². The van der Waals surface area contributed by atoms with Gasteiger partial charge in [0.2, 0.25) is 5.91 Å². The normalized spacial score (nSPS) is 11.6. The average Bonchev–Trinajstić information content (AvgIpc) is 2.90. The van der Waals surface area contributed by atoms with Gasteiger partial charge in [0, 0.05) is 16.4 Å². The molecular formula is C19H23NO3S. The molecule has 2 aromatic rings. The highest BCUT2D eigenvalue weighted by Crippen LogP contribution is 2.36. The molecule has 0 aliphatic heterocycles. The van der Waals surface area contributed by atoms with Gasteiger partial charge in [-0.05, 0) is 17.0 Å². The van der Waals surface area contributed by atoms with Crippen LogP contribution in [0.1, 0.15) is 56.5 Å². The first-order valence-electron chi connectivity index (χ1n) is 7.88. The van der Waals surface area contributed by atoms with Gasteiger partial charge in [0.05, 0.1) is 0 Å². The van der Waals surface area contributed by atoms with Crippen LogP contribution < -0.4 is 5.32 Å². The zero-order valence-electron chi connectivity index (χ0n) is 14.6. The van der Waals surface area contributed by atoms with Crippen molar-refractivity contribution in [1.82, 2.24) is 0 Å². The second kappa shape index (κ2) is 6.77. The van der Waals surface area contributed by atoms with Gasteiger partial charge in [-0.1, -0.05) is 58.9 Å². The fourth-order valence-corrected chi connectivity index (χ4v) is 3.17. The molecule has 1 heterocycles. The van der Waals surface area contributed by atoms with Crippen LogP contribution in [0.25, 0.3) is 11.1 Å². The summed E-state index contributed by atoms with van der Waals surface area (Å²) in [6, 6.07) is 7.88. The predicted molar refractivity (Wildman–Crippen MR) is 98.9 cm³/mol. The molecule has 0 atom stereocenters. The van der Waals surface area contributed by atoms with Crippen LogP contribution in [0, 0.1) is 5.41 Å². The third-order valence-corrected chi connectivity index (χ3v) is 4.70. The first-order valence-corrected chi connectivity index (χ1v) is 8.75. The van der Waals surface area contributed by atoms with Crippen molar-refractivity contribution >= 4 is 28.2 Å². The molecule has 5 heteroatoms. The smallest absolute Gasteiger partial charge is 0.339 e. The number of rotatable bonds is 4. The van der Waals surface area contributed by atoms with E-state index in [1.165, 1.54) is 16.9 Å². The summed E-state index contributed by atoms with van der Waals surface area (Å²) in [5.41, 5.74) is 2.23. The van der Waals surface area contributed by atoms with Crippen molar-refractivity contribution in [1.29, 1.82) is 0 Å². The Labute approximate surface area is 146 Å². The maximum Gasteiger partial charge on any atom is 0.339 e. The minimum atomic E-state index is -1.04. The van der Waals surface area contributed by atoms with Crippen molar-refractivity contribution in [3.63, 3.8) is 0 Å². The van der Waals surface area contributed by atoms with Crippen LogP contribution >= 0.6 is 11.3 Å². The van der Waals surface area contributed by atoms with Gasteiger partial charge in [-0.2, -0.15) is 0 Å². The van der Waals surface area contributed by atoms with E-state index < -0.39 is 11.4 Å². The molecule has 0 saturated carbocycles. The minimum absolute atomic E-state index is 0.148. The van der Waals surface area contributed by atoms with Gasteiger partial charge >= 0.3 is 5.97 Å². The molecule has 0 saturated heterocycles. The summed E-state index contributed by atoms with van der Waals surface area (Å²) in [4.78, 5) is 23.9. The van der Waals surface area contributed by atoms with Crippen LogP contribution in [-0.2, 0) is 4.79 Å². The number of amides is 1. The fraction of sp³-hybridized carbons (Fsp3) is 0.368. The second-order valence-electron chi connectivity index (χ2n) is 7.14. The summed E-state index contributed by atoms with van der Waals surface area (Å²) in [6.45, 7) is 9.61. The van der Waals surface area contributed by atoms with Gasteiger partial charge in [0.15, 0.2) is 0 Å². The van der Waals surface area contributed by atoms with E-state index in [0.717, 1.165) is 5.56 Å². The third-order valence-electron chi connectivity index (χ3n) is 3.80. The number of nitrogens with one attached hydrogen (secondary N) is 1. The lowest BCUT2D eigenvalue weighted by atomic mass is 9.95. The van der Waals surface area contributed by atoms with E-state index in [4.69, 9.17) is 0 Å². The fourth-order valence-electron chi connectivity index (χ4n) is 2.21. The SMILES string of the molecule is CC(C)c1ccc(-c2csc(NC(=O)C(C)(C)C)c2C(=O)O)cc1. The summed E-state index contributed by atoms with van der Waals surface area (Å²) < 4.78 is 0. The van der Waals surface area contributed by atoms with E-state index in [0.29, 0.717) is 16.5 Å². The van der Waals surface area contributed by atoms with Crippen molar-refractivity contribution in [2.75, 3.05) is 5.32 Å². The molecular weight excluding hydrogens is 322 g/mol. The largest absolute Gasteiger partial charge is 0.478 e. The molecule has 1 aromatic heterocycles. The lowest BCUT2D eigenvalue weighted by molar-refractivity contribution is -0.123. The highest BCUT2D eigenvalue weighted by atomic mass is 32.1. The lowest BCUT2D eigenvalue weighted by Gasteiger charge is -2.17. The molecule has 0 radical (unpaired) electrons. The van der Waals surface area contributed by atoms with Crippen LogP contribution in [-0.4, -0.2) is 17.0 Å². The Morgan fingerprint density at radius 1 is 1.12 bits per heavy atom. The van der Waals surface area contributed by atoms with E-state index in [1.807, 2.05) is 24.3 Å². The maximum atomic E-state index is 12.2. The molecule has 0 spiro atoms. The second-order valence-corrected chi connectivity index (χ2v) is 8.02. The molecule has 0 fully saturated rings. The number of aromatic carboxylic acids is 1. The van der Waals surface area contributed by atoms with Crippen molar-refractivity contribution in [2.45, 2.75) is 40.5 Å². The number of carbonyl (C=O) groups is 2. The van der Waals surface area contributed by atoms with Gasteiger partial charge in [-0.15, -0.1) is 11.3 Å². The summed E-state index contributed by atoms with van der Waals surface area (Å²) in [5, 5.41) is 14.5. The molecule has 4 nitrogen and oxygen atoms in total. The molecule has 0 aliphatic carbocycles. The lowest BCUT2D eigenvalue weighted by Crippen LogP contribution is -2.27. The number of thiophene rings is 1. The van der Waals surface area contributed by atoms with Crippen molar-refractivity contribution < 1.29 is 14.7 Å². The number of carbonyl (C=O) groups excluding carboxylic acids is 1. The first-order chi connectivity index (χ1) is 11.1. The minimum Gasteiger partial charge on any atom is -0.478 e. The van der Waals surface area contributed by atoms with Gasteiger partial charge in [0.1, 0.15) is 10.6 Å². The summed E-state index contributed by atoms with van der Waals surface area (Å²) in [7, 11) is 0. The summed E-state index contributed by atoms with van der Waals surface area (Å²) in [6.07, 6.45) is 0. The monoisotopic (exact) mass is 345 g/mol. The molecule has 0 bridgehead atoms. The Morgan fingerprint density at radius 3 is 2.17 bits per heavy atom. The molecule has 1 amide bonds. The Morgan fingerprint density at radius 2 is 1.71 bits per heavy atom. The number of anilines is 1. The van der Waals surface area contributed by atoms with E-state index in [-0.39, 0.29) is 11.5 Å². The zero-order chi connectivity index (χ0) is 18.1. The number of carboxylic acids is 1. The van der Waals surface area contributed by atoms with Crippen LogP contribution in [0.2, 0.25) is 0 Å². The number of hydrogen-bond acceptors (Lipinski definition) is 3. The Balaban J connectivity index is 2.42. The van der Waals surface area contributed by atoms with Gasteiger partial charge in [-0.3, -0.25) is 4.79 Å². The standard InChI is InChI=1S/C19H23NO3S/c1-11(2)12-6-8-13(9-7-12)14-10-24-16(15(14)17(21)22)20-18(23)19(3,4)5/h6-11H,1-5H3,(H,20,23)(H,21,22). The first kappa shape index (κ1) is 18.2. The summed E-state index contributed by atoms with van der Waals surface area (Å²) in [5.74, 6) is -0.820. The Kier molecular flexibility index (Phi) is 5.13. The van der Waals surface area contributed by atoms with Gasteiger partial charge in [0.25, 0.3) is 0 Å². The molecule has 1 aromatic carbocycles. The van der Waals surface area contributed by atoms with E-state index in [9.17, 15) is 14.7 Å². The molecule has 0 aliphatic rings. The number of benzene rings is 1. The van der Waals surface area contributed by atoms with Crippen molar-refractivity contribution in [2.24, 2.45) is 5.41 Å². The van der Waals surface area contributed by atoms with Gasteiger partial charge in [-0.25, -0.2) is 4.79 Å². The van der Waals surface area contributed by atoms with E-state index in [1.54, 1.807) is 26.2 Å². The predicted octanol–water partition coefficient (Wildman–Crippen LogP) is 5.22. The van der Waals surface area contributed by atoms with Gasteiger partial charge < -0.3 is 10.4 Å². The van der Waals surface area contributed by atoms with E-state index >= 15 is 0 Å². The van der Waals surface area contributed by atoms with Crippen LogP contribution in [0.15, 0.2) is 29.6 Å². The average molecular weight is 345 g/mol. The molecule has 0 unspecified atom stereocenters. The highest BCUT2D eigenvalue weighted by molar-refractivity contribution is 7.15. The van der Waals surface area contributed by atoms with E-state index in [2.05, 4.69) is 19.2 Å². The molecule has 2 N–H and O–H groups in total. The number of carboxylic acid groups (broad SMARTS) is 1.